The van der Waals surface area contributed by atoms with E-state index in [0.717, 1.165) is 0 Å². The Morgan fingerprint density at radius 2 is 2.11 bits per heavy atom. The molecular weight excluding hydrogens is 288 g/mol. The van der Waals surface area contributed by atoms with Gasteiger partial charge in [0.25, 0.3) is 0 Å². The van der Waals surface area contributed by atoms with Crippen LogP contribution < -0.4 is 0 Å². The van der Waals surface area contributed by atoms with Gasteiger partial charge in [-0.05, 0) is 30.3 Å². The molecule has 0 aliphatic carbocycles. The maximum absolute atomic E-state index is 13.4. The number of halogens is 3. The molecular formula is C13H8Cl2FN3. The van der Waals surface area contributed by atoms with Crippen LogP contribution in [-0.2, 0) is 5.88 Å². The van der Waals surface area contributed by atoms with Gasteiger partial charge in [0.1, 0.15) is 17.2 Å². The Labute approximate surface area is 118 Å². The smallest absolute Gasteiger partial charge is 0.164 e. The van der Waals surface area contributed by atoms with E-state index in [0.29, 0.717) is 27.7 Å². The molecule has 0 saturated heterocycles. The average Bonchev–Trinajstić information content (AvgIpc) is 2.80. The van der Waals surface area contributed by atoms with E-state index in [1.165, 1.54) is 18.2 Å². The van der Waals surface area contributed by atoms with Crippen molar-refractivity contribution in [3.63, 3.8) is 0 Å². The zero-order valence-corrected chi connectivity index (χ0v) is 11.2. The zero-order valence-electron chi connectivity index (χ0n) is 9.65. The van der Waals surface area contributed by atoms with E-state index in [9.17, 15) is 4.39 Å². The predicted molar refractivity (Wildman–Crippen MR) is 73.4 cm³/mol. The van der Waals surface area contributed by atoms with Crippen molar-refractivity contribution in [2.75, 3.05) is 0 Å². The van der Waals surface area contributed by atoms with Crippen LogP contribution in [0.2, 0.25) is 5.02 Å². The van der Waals surface area contributed by atoms with Crippen LogP contribution in [0.1, 0.15) is 5.82 Å². The summed E-state index contributed by atoms with van der Waals surface area (Å²) >= 11 is 12.0. The van der Waals surface area contributed by atoms with Crippen LogP contribution in [0, 0.1) is 5.82 Å². The van der Waals surface area contributed by atoms with Crippen LogP contribution in [-0.4, -0.2) is 14.5 Å². The van der Waals surface area contributed by atoms with E-state index in [4.69, 9.17) is 23.2 Å². The highest BCUT2D eigenvalue weighted by molar-refractivity contribution is 6.32. The van der Waals surface area contributed by atoms with E-state index in [2.05, 4.69) is 9.97 Å². The molecule has 3 rings (SSSR count). The van der Waals surface area contributed by atoms with E-state index >= 15 is 0 Å². The van der Waals surface area contributed by atoms with Gasteiger partial charge in [-0.2, -0.15) is 0 Å². The number of fused-ring (bicyclic) bond motifs is 1. The molecule has 0 bridgehead atoms. The molecule has 0 aliphatic rings. The summed E-state index contributed by atoms with van der Waals surface area (Å²) in [6, 6.07) is 7.75. The SMILES string of the molecule is Fc1ccc(Cl)c(-n2c(CCl)nc3cccnc32)c1. The van der Waals surface area contributed by atoms with Gasteiger partial charge in [0.15, 0.2) is 5.65 Å². The highest BCUT2D eigenvalue weighted by atomic mass is 35.5. The topological polar surface area (TPSA) is 30.7 Å². The summed E-state index contributed by atoms with van der Waals surface area (Å²) in [5, 5.41) is 0.415. The largest absolute Gasteiger partial charge is 0.278 e. The molecule has 0 aliphatic heterocycles. The number of imidazole rings is 1. The molecule has 3 nitrogen and oxygen atoms in total. The zero-order chi connectivity index (χ0) is 13.4. The van der Waals surface area contributed by atoms with E-state index in [1.54, 1.807) is 16.8 Å². The van der Waals surface area contributed by atoms with Crippen molar-refractivity contribution >= 4 is 34.4 Å². The second-order valence-electron chi connectivity index (χ2n) is 3.94. The van der Waals surface area contributed by atoms with Gasteiger partial charge in [-0.15, -0.1) is 11.6 Å². The van der Waals surface area contributed by atoms with Gasteiger partial charge < -0.3 is 0 Å². The van der Waals surface area contributed by atoms with Crippen LogP contribution in [0.25, 0.3) is 16.9 Å². The average molecular weight is 296 g/mol. The van der Waals surface area contributed by atoms with Crippen LogP contribution in [0.4, 0.5) is 4.39 Å². The standard InChI is InChI=1S/C13H8Cl2FN3/c14-7-12-18-10-2-1-5-17-13(10)19(12)11-6-8(16)3-4-9(11)15/h1-6H,7H2. The number of hydrogen-bond acceptors (Lipinski definition) is 2. The fourth-order valence-corrected chi connectivity index (χ4v) is 2.34. The minimum absolute atomic E-state index is 0.184. The number of nitrogens with zero attached hydrogens (tertiary/aromatic N) is 3. The van der Waals surface area contributed by atoms with Gasteiger partial charge in [-0.25, -0.2) is 14.4 Å². The maximum atomic E-state index is 13.4. The van der Waals surface area contributed by atoms with Crippen molar-refractivity contribution in [3.05, 3.63) is 53.2 Å². The van der Waals surface area contributed by atoms with Gasteiger partial charge in [-0.3, -0.25) is 4.57 Å². The van der Waals surface area contributed by atoms with Crippen molar-refractivity contribution in [1.82, 2.24) is 14.5 Å². The molecule has 0 amide bonds. The number of alkyl halides is 1. The van der Waals surface area contributed by atoms with Crippen LogP contribution in [0.5, 0.6) is 0 Å². The summed E-state index contributed by atoms with van der Waals surface area (Å²) in [5.74, 6) is 0.379. The van der Waals surface area contributed by atoms with Gasteiger partial charge in [0.2, 0.25) is 0 Å². The Morgan fingerprint density at radius 1 is 1.26 bits per heavy atom. The van der Waals surface area contributed by atoms with E-state index < -0.39 is 0 Å². The third kappa shape index (κ3) is 2.07. The Bertz CT molecular complexity index is 755. The molecule has 0 unspecified atom stereocenters. The van der Waals surface area contributed by atoms with E-state index in [-0.39, 0.29) is 11.7 Å². The summed E-state index contributed by atoms with van der Waals surface area (Å²) in [4.78, 5) is 8.62. The lowest BCUT2D eigenvalue weighted by atomic mass is 10.3. The molecule has 6 heteroatoms. The lowest BCUT2D eigenvalue weighted by molar-refractivity contribution is 0.626. The lowest BCUT2D eigenvalue weighted by Crippen LogP contribution is -2.01. The van der Waals surface area contributed by atoms with Gasteiger partial charge >= 0.3 is 0 Å². The Balaban J connectivity index is 2.37. The first-order valence-corrected chi connectivity index (χ1v) is 6.45. The molecule has 2 heterocycles. The number of pyridine rings is 1. The summed E-state index contributed by atoms with van der Waals surface area (Å²) in [7, 11) is 0. The molecule has 0 fully saturated rings. The highest BCUT2D eigenvalue weighted by Gasteiger charge is 2.15. The van der Waals surface area contributed by atoms with Gasteiger partial charge in [0, 0.05) is 6.20 Å². The molecule has 96 valence electrons. The Hall–Kier alpha value is -1.65. The number of benzene rings is 1. The first kappa shape index (κ1) is 12.4. The van der Waals surface area contributed by atoms with Gasteiger partial charge in [-0.1, -0.05) is 11.6 Å². The molecule has 0 N–H and O–H groups in total. The second kappa shape index (κ2) is 4.79. The number of rotatable bonds is 2. The molecule has 19 heavy (non-hydrogen) atoms. The predicted octanol–water partition coefficient (Wildman–Crippen LogP) is 3.95. The molecule has 0 atom stereocenters. The van der Waals surface area contributed by atoms with E-state index in [1.807, 2.05) is 6.07 Å². The first-order chi connectivity index (χ1) is 9.20. The van der Waals surface area contributed by atoms with Crippen LogP contribution >= 0.6 is 23.2 Å². The summed E-state index contributed by atoms with van der Waals surface area (Å²) in [6.07, 6.45) is 1.64. The summed E-state index contributed by atoms with van der Waals surface area (Å²) in [5.41, 5.74) is 1.78. The first-order valence-electron chi connectivity index (χ1n) is 5.54. The van der Waals surface area contributed by atoms with Gasteiger partial charge in [0.05, 0.1) is 16.6 Å². The Morgan fingerprint density at radius 3 is 2.89 bits per heavy atom. The third-order valence-corrected chi connectivity index (χ3v) is 3.31. The summed E-state index contributed by atoms with van der Waals surface area (Å²) in [6.45, 7) is 0. The quantitative estimate of drug-likeness (QED) is 0.670. The fourth-order valence-electron chi connectivity index (χ4n) is 1.96. The molecule has 1 aromatic carbocycles. The van der Waals surface area contributed by atoms with Crippen molar-refractivity contribution in [1.29, 1.82) is 0 Å². The minimum Gasteiger partial charge on any atom is -0.278 e. The minimum atomic E-state index is -0.377. The summed E-state index contributed by atoms with van der Waals surface area (Å²) < 4.78 is 15.1. The van der Waals surface area contributed by atoms with Crippen molar-refractivity contribution in [2.45, 2.75) is 5.88 Å². The highest BCUT2D eigenvalue weighted by Crippen LogP contribution is 2.27. The molecule has 3 aromatic rings. The van der Waals surface area contributed by atoms with Crippen molar-refractivity contribution in [3.8, 4) is 5.69 Å². The number of hydrogen-bond donors (Lipinski definition) is 0. The second-order valence-corrected chi connectivity index (χ2v) is 4.61. The van der Waals surface area contributed by atoms with Crippen LogP contribution in [0.15, 0.2) is 36.5 Å². The molecule has 0 saturated carbocycles. The monoisotopic (exact) mass is 295 g/mol. The van der Waals surface area contributed by atoms with Crippen LogP contribution in [0.3, 0.4) is 0 Å². The molecule has 2 aromatic heterocycles. The fraction of sp³-hybridized carbons (Fsp3) is 0.0769. The van der Waals surface area contributed by atoms with Crippen molar-refractivity contribution in [2.24, 2.45) is 0 Å². The normalized spacial score (nSPS) is 11.1. The maximum Gasteiger partial charge on any atom is 0.164 e. The van der Waals surface area contributed by atoms with Crippen molar-refractivity contribution < 1.29 is 4.39 Å². The molecule has 0 spiro atoms. The number of aromatic nitrogens is 3. The molecule has 0 radical (unpaired) electrons. The lowest BCUT2D eigenvalue weighted by Gasteiger charge is -2.09. The third-order valence-electron chi connectivity index (χ3n) is 2.75. The Kier molecular flexibility index (Phi) is 3.12.